The fourth-order valence-electron chi connectivity index (χ4n) is 10.1. The normalized spacial score (nSPS) is 14.7. The second-order valence-electron chi connectivity index (χ2n) is 19.5. The topological polar surface area (TPSA) is 3.24 Å². The molecule has 1 aliphatic carbocycles. The summed E-state index contributed by atoms with van der Waals surface area (Å²) in [6.45, 7) is 16.4. The highest BCUT2D eigenvalue weighted by Gasteiger charge is 2.42. The molecular formula is C62H55N. The maximum absolute atomic E-state index is 2.57. The van der Waals surface area contributed by atoms with Crippen LogP contribution in [0.25, 0.3) is 55.3 Å². The van der Waals surface area contributed by atoms with Crippen molar-refractivity contribution in [2.45, 2.75) is 64.7 Å². The minimum absolute atomic E-state index is 0.0766. The lowest BCUT2D eigenvalue weighted by atomic mass is 9.74. The van der Waals surface area contributed by atoms with Crippen LogP contribution >= 0.6 is 0 Å². The molecule has 0 heterocycles. The Labute approximate surface area is 374 Å². The van der Waals surface area contributed by atoms with Crippen LogP contribution in [-0.4, -0.2) is 0 Å². The van der Waals surface area contributed by atoms with Crippen molar-refractivity contribution in [2.24, 2.45) is 0 Å². The molecule has 9 aromatic rings. The summed E-state index contributed by atoms with van der Waals surface area (Å²) in [5.41, 5.74) is 19.4. The number of benzene rings is 9. The van der Waals surface area contributed by atoms with Crippen molar-refractivity contribution in [3.05, 3.63) is 234 Å². The molecule has 1 atom stereocenters. The van der Waals surface area contributed by atoms with Crippen molar-refractivity contribution in [1.82, 2.24) is 0 Å². The van der Waals surface area contributed by atoms with E-state index in [1.807, 2.05) is 0 Å². The molecule has 9 aromatic carbocycles. The molecule has 10 rings (SSSR count). The zero-order chi connectivity index (χ0) is 43.5. The second kappa shape index (κ2) is 15.4. The van der Waals surface area contributed by atoms with Gasteiger partial charge in [-0.3, -0.25) is 0 Å². The van der Waals surface area contributed by atoms with Crippen molar-refractivity contribution >= 4 is 27.8 Å². The lowest BCUT2D eigenvalue weighted by molar-refractivity contribution is 0.569. The highest BCUT2D eigenvalue weighted by Crippen LogP contribution is 2.57. The van der Waals surface area contributed by atoms with Gasteiger partial charge in [-0.15, -0.1) is 0 Å². The van der Waals surface area contributed by atoms with E-state index in [2.05, 4.69) is 260 Å². The average molecular weight is 814 g/mol. The first-order chi connectivity index (χ1) is 30.4. The molecule has 0 spiro atoms. The van der Waals surface area contributed by atoms with Crippen LogP contribution in [-0.2, 0) is 16.2 Å². The quantitative estimate of drug-likeness (QED) is 0.155. The molecule has 1 aliphatic rings. The fraction of sp³-hybridized carbons (Fsp3) is 0.161. The Hall–Kier alpha value is -6.96. The van der Waals surface area contributed by atoms with Crippen molar-refractivity contribution in [3.63, 3.8) is 0 Å². The van der Waals surface area contributed by atoms with Crippen LogP contribution < -0.4 is 4.90 Å². The monoisotopic (exact) mass is 813 g/mol. The number of anilines is 3. The summed E-state index contributed by atoms with van der Waals surface area (Å²) >= 11 is 0. The lowest BCUT2D eigenvalue weighted by Crippen LogP contribution is -2.22. The van der Waals surface area contributed by atoms with Crippen LogP contribution in [0.3, 0.4) is 0 Å². The Kier molecular flexibility index (Phi) is 9.83. The summed E-state index contributed by atoms with van der Waals surface area (Å²) in [4.78, 5) is 2.57. The Bertz CT molecular complexity index is 3100. The van der Waals surface area contributed by atoms with Crippen LogP contribution in [0.5, 0.6) is 0 Å². The van der Waals surface area contributed by atoms with E-state index in [0.717, 1.165) is 17.1 Å². The number of rotatable bonds is 7. The molecule has 1 unspecified atom stereocenters. The van der Waals surface area contributed by atoms with E-state index in [0.29, 0.717) is 0 Å². The number of para-hydroxylation sites is 2. The molecule has 0 aliphatic heterocycles. The number of hydrogen-bond donors (Lipinski definition) is 0. The zero-order valence-electron chi connectivity index (χ0n) is 37.6. The van der Waals surface area contributed by atoms with Crippen LogP contribution in [0, 0.1) is 0 Å². The third-order valence-corrected chi connectivity index (χ3v) is 13.5. The smallest absolute Gasteiger partial charge is 0.0540 e. The first-order valence-corrected chi connectivity index (χ1v) is 22.4. The van der Waals surface area contributed by atoms with Crippen molar-refractivity contribution in [1.29, 1.82) is 0 Å². The Morgan fingerprint density at radius 3 is 1.46 bits per heavy atom. The summed E-state index contributed by atoms with van der Waals surface area (Å²) in [6.07, 6.45) is 0. The van der Waals surface area contributed by atoms with Gasteiger partial charge in [0.25, 0.3) is 0 Å². The molecule has 0 bridgehead atoms. The zero-order valence-corrected chi connectivity index (χ0v) is 37.6. The molecule has 0 aromatic heterocycles. The molecule has 0 saturated carbocycles. The van der Waals surface area contributed by atoms with E-state index in [-0.39, 0.29) is 16.2 Å². The predicted molar refractivity (Wildman–Crippen MR) is 270 cm³/mol. The van der Waals surface area contributed by atoms with E-state index < -0.39 is 0 Å². The summed E-state index contributed by atoms with van der Waals surface area (Å²) in [7, 11) is 0. The van der Waals surface area contributed by atoms with Crippen LogP contribution in [0.4, 0.5) is 17.1 Å². The first-order valence-electron chi connectivity index (χ1n) is 22.4. The third kappa shape index (κ3) is 6.88. The molecule has 0 fully saturated rings. The lowest BCUT2D eigenvalue weighted by Gasteiger charge is -2.34. The standard InChI is InChI=1S/C62H55N/c1-60(2,3)45-39-46(61(4,5)6)41-47(40-45)63(56-37-18-15-29-49(56)51-33-21-26-43-25-20-32-48(58(43)51)42-23-10-8-11-24-42)57-38-19-16-30-50(57)52-34-22-36-55-59(52)53-31-14-17-35-54(53)62(55,7)44-27-12-9-13-28-44/h8-41H,1-7H3. The van der Waals surface area contributed by atoms with Gasteiger partial charge in [0.05, 0.1) is 11.4 Å². The van der Waals surface area contributed by atoms with Crippen molar-refractivity contribution in [2.75, 3.05) is 4.90 Å². The van der Waals surface area contributed by atoms with Crippen LogP contribution in [0.1, 0.15) is 76.3 Å². The van der Waals surface area contributed by atoms with E-state index in [4.69, 9.17) is 0 Å². The highest BCUT2D eigenvalue weighted by molar-refractivity contribution is 6.09. The summed E-state index contributed by atoms with van der Waals surface area (Å²) < 4.78 is 0. The van der Waals surface area contributed by atoms with Crippen LogP contribution in [0.2, 0.25) is 0 Å². The van der Waals surface area contributed by atoms with Gasteiger partial charge in [-0.1, -0.05) is 224 Å². The van der Waals surface area contributed by atoms with Crippen molar-refractivity contribution < 1.29 is 0 Å². The summed E-state index contributed by atoms with van der Waals surface area (Å²) in [6, 6.07) is 76.9. The Morgan fingerprint density at radius 2 is 0.841 bits per heavy atom. The maximum Gasteiger partial charge on any atom is 0.0540 e. The van der Waals surface area contributed by atoms with E-state index >= 15 is 0 Å². The van der Waals surface area contributed by atoms with Gasteiger partial charge < -0.3 is 4.90 Å². The molecule has 0 amide bonds. The largest absolute Gasteiger partial charge is 0.309 e. The summed E-state index contributed by atoms with van der Waals surface area (Å²) in [5.74, 6) is 0. The van der Waals surface area contributed by atoms with Gasteiger partial charge in [-0.05, 0) is 114 Å². The second-order valence-corrected chi connectivity index (χ2v) is 19.5. The minimum atomic E-state index is -0.308. The maximum atomic E-state index is 2.57. The van der Waals surface area contributed by atoms with Gasteiger partial charge in [0.1, 0.15) is 0 Å². The predicted octanol–water partition coefficient (Wildman–Crippen LogP) is 17.2. The Morgan fingerprint density at radius 1 is 0.381 bits per heavy atom. The fourth-order valence-corrected chi connectivity index (χ4v) is 10.1. The van der Waals surface area contributed by atoms with Gasteiger partial charge in [-0.2, -0.15) is 0 Å². The Balaban J connectivity index is 1.28. The molecule has 0 saturated heterocycles. The number of fused-ring (bicyclic) bond motifs is 4. The third-order valence-electron chi connectivity index (χ3n) is 13.5. The van der Waals surface area contributed by atoms with Gasteiger partial charge in [0.15, 0.2) is 0 Å². The number of nitrogens with zero attached hydrogens (tertiary/aromatic N) is 1. The van der Waals surface area contributed by atoms with Gasteiger partial charge in [-0.25, -0.2) is 0 Å². The average Bonchev–Trinajstić information content (AvgIpc) is 3.57. The number of hydrogen-bond acceptors (Lipinski definition) is 1. The van der Waals surface area contributed by atoms with Gasteiger partial charge >= 0.3 is 0 Å². The molecule has 1 heteroatoms. The highest BCUT2D eigenvalue weighted by atomic mass is 15.1. The van der Waals surface area contributed by atoms with Crippen LogP contribution in [0.15, 0.2) is 206 Å². The van der Waals surface area contributed by atoms with Gasteiger partial charge in [0, 0.05) is 22.2 Å². The van der Waals surface area contributed by atoms with E-state index in [1.165, 1.54) is 83.1 Å². The summed E-state index contributed by atoms with van der Waals surface area (Å²) in [5, 5.41) is 2.48. The molecule has 0 N–H and O–H groups in total. The van der Waals surface area contributed by atoms with E-state index in [1.54, 1.807) is 0 Å². The van der Waals surface area contributed by atoms with E-state index in [9.17, 15) is 0 Å². The molecule has 63 heavy (non-hydrogen) atoms. The minimum Gasteiger partial charge on any atom is -0.309 e. The van der Waals surface area contributed by atoms with Gasteiger partial charge in [0.2, 0.25) is 0 Å². The first kappa shape index (κ1) is 40.1. The molecule has 1 nitrogen and oxygen atoms in total. The molecular weight excluding hydrogens is 759 g/mol. The molecule has 0 radical (unpaired) electrons. The SMILES string of the molecule is CC(C)(C)c1cc(N(c2ccccc2-c2cccc3c2-c2ccccc2C3(C)c2ccccc2)c2ccccc2-c2cccc3cccc(-c4ccccc4)c23)cc(C(C)(C)C)c1. The molecule has 308 valence electrons. The van der Waals surface area contributed by atoms with Crippen molar-refractivity contribution in [3.8, 4) is 44.5 Å².